The maximum Gasteiger partial charge on any atom is 0.0560 e. The number of hydrogen-bond donors (Lipinski definition) is 0. The molecule has 2 nitrogen and oxygen atoms in total. The van der Waals surface area contributed by atoms with E-state index in [9.17, 15) is 0 Å². The fourth-order valence-electron chi connectivity index (χ4n) is 7.82. The molecule has 0 aliphatic rings. The number of aromatic nitrogens is 1. The summed E-state index contributed by atoms with van der Waals surface area (Å²) < 4.78 is 2.42. The highest BCUT2D eigenvalue weighted by molar-refractivity contribution is 6.10. The van der Waals surface area contributed by atoms with Crippen molar-refractivity contribution in [3.05, 3.63) is 206 Å². The van der Waals surface area contributed by atoms with Crippen molar-refractivity contribution < 1.29 is 0 Å². The number of para-hydroxylation sites is 2. The molecule has 0 amide bonds. The lowest BCUT2D eigenvalue weighted by atomic mass is 9.99. The Hall–Kier alpha value is -6.90. The van der Waals surface area contributed by atoms with Crippen LogP contribution in [-0.4, -0.2) is 4.57 Å². The minimum atomic E-state index is 1.10. The van der Waals surface area contributed by atoms with Gasteiger partial charge in [-0.25, -0.2) is 0 Å². The maximum absolute atomic E-state index is 2.43. The third kappa shape index (κ3) is 5.12. The third-order valence-electron chi connectivity index (χ3n) is 10.3. The monoisotopic (exact) mass is 662 g/mol. The molecule has 52 heavy (non-hydrogen) atoms. The van der Waals surface area contributed by atoms with E-state index in [1.54, 1.807) is 0 Å². The molecule has 10 aromatic rings. The number of anilines is 3. The van der Waals surface area contributed by atoms with Crippen LogP contribution < -0.4 is 4.90 Å². The van der Waals surface area contributed by atoms with Gasteiger partial charge >= 0.3 is 0 Å². The molecule has 0 radical (unpaired) electrons. The van der Waals surface area contributed by atoms with Crippen LogP contribution in [0.2, 0.25) is 0 Å². The summed E-state index contributed by atoms with van der Waals surface area (Å²) in [7, 11) is 0. The van der Waals surface area contributed by atoms with Crippen molar-refractivity contribution in [3.8, 4) is 27.9 Å². The first kappa shape index (κ1) is 30.0. The van der Waals surface area contributed by atoms with Crippen LogP contribution >= 0.6 is 0 Å². The summed E-state index contributed by atoms with van der Waals surface area (Å²) in [6.45, 7) is 0. The van der Waals surface area contributed by atoms with Crippen molar-refractivity contribution in [3.63, 3.8) is 0 Å². The summed E-state index contributed by atoms with van der Waals surface area (Å²) in [5, 5.41) is 7.34. The zero-order chi connectivity index (χ0) is 34.4. The van der Waals surface area contributed by atoms with Gasteiger partial charge in [0, 0.05) is 33.2 Å². The lowest BCUT2D eigenvalue weighted by Crippen LogP contribution is -2.11. The van der Waals surface area contributed by atoms with E-state index in [4.69, 9.17) is 0 Å². The van der Waals surface area contributed by atoms with Gasteiger partial charge < -0.3 is 9.47 Å². The van der Waals surface area contributed by atoms with Crippen molar-refractivity contribution in [1.82, 2.24) is 4.57 Å². The van der Waals surface area contributed by atoms with E-state index in [2.05, 4.69) is 216 Å². The van der Waals surface area contributed by atoms with Crippen LogP contribution in [0.3, 0.4) is 0 Å². The van der Waals surface area contributed by atoms with E-state index in [0.717, 1.165) is 22.7 Å². The second-order valence-electron chi connectivity index (χ2n) is 13.4. The van der Waals surface area contributed by atoms with Gasteiger partial charge in [-0.3, -0.25) is 0 Å². The molecule has 9 aromatic carbocycles. The number of fused-ring (bicyclic) bond motifs is 5. The van der Waals surface area contributed by atoms with E-state index in [1.807, 2.05) is 0 Å². The molecule has 0 aliphatic carbocycles. The molecular formula is C50H34N2. The Balaban J connectivity index is 1.16. The van der Waals surface area contributed by atoms with Gasteiger partial charge in [0.05, 0.1) is 16.7 Å². The van der Waals surface area contributed by atoms with E-state index in [1.165, 1.54) is 65.6 Å². The summed E-state index contributed by atoms with van der Waals surface area (Å²) in [6.07, 6.45) is 0. The van der Waals surface area contributed by atoms with Crippen molar-refractivity contribution in [2.75, 3.05) is 4.90 Å². The molecule has 0 atom stereocenters. The Bertz CT molecular complexity index is 2830. The third-order valence-corrected chi connectivity index (χ3v) is 10.3. The molecular weight excluding hydrogens is 629 g/mol. The Morgan fingerprint density at radius 1 is 0.308 bits per heavy atom. The van der Waals surface area contributed by atoms with Gasteiger partial charge in [-0.05, 0) is 86.9 Å². The molecule has 10 rings (SSSR count). The van der Waals surface area contributed by atoms with Crippen LogP contribution in [0.25, 0.3) is 71.3 Å². The SMILES string of the molecule is c1ccc(-c2ccc(-c3ccc(N(c4ccc5ccccc5c4)c4cc(-n5c6ccccc6c6ccccc65)cc5ccccc45)cc3)cc2)cc1. The van der Waals surface area contributed by atoms with Gasteiger partial charge in [0.1, 0.15) is 0 Å². The molecule has 0 saturated carbocycles. The highest BCUT2D eigenvalue weighted by atomic mass is 15.1. The van der Waals surface area contributed by atoms with Crippen molar-refractivity contribution in [2.45, 2.75) is 0 Å². The second-order valence-corrected chi connectivity index (χ2v) is 13.4. The van der Waals surface area contributed by atoms with Gasteiger partial charge in [0.25, 0.3) is 0 Å². The topological polar surface area (TPSA) is 8.17 Å². The van der Waals surface area contributed by atoms with Gasteiger partial charge in [-0.1, -0.05) is 158 Å². The van der Waals surface area contributed by atoms with Gasteiger partial charge in [-0.2, -0.15) is 0 Å². The van der Waals surface area contributed by atoms with E-state index in [-0.39, 0.29) is 0 Å². The molecule has 0 N–H and O–H groups in total. The fourth-order valence-corrected chi connectivity index (χ4v) is 7.82. The molecule has 0 spiro atoms. The maximum atomic E-state index is 2.43. The zero-order valence-corrected chi connectivity index (χ0v) is 28.5. The van der Waals surface area contributed by atoms with Crippen molar-refractivity contribution >= 4 is 60.4 Å². The number of hydrogen-bond acceptors (Lipinski definition) is 1. The number of rotatable bonds is 6. The van der Waals surface area contributed by atoms with Crippen molar-refractivity contribution in [1.29, 1.82) is 0 Å². The molecule has 0 aliphatic heterocycles. The largest absolute Gasteiger partial charge is 0.310 e. The molecule has 1 aromatic heterocycles. The minimum Gasteiger partial charge on any atom is -0.310 e. The number of benzene rings is 9. The van der Waals surface area contributed by atoms with Gasteiger partial charge in [0.2, 0.25) is 0 Å². The summed E-state index contributed by atoms with van der Waals surface area (Å²) in [5.74, 6) is 0. The first-order valence-corrected chi connectivity index (χ1v) is 17.8. The molecule has 0 fully saturated rings. The van der Waals surface area contributed by atoms with E-state index < -0.39 is 0 Å². The number of nitrogens with zero attached hydrogens (tertiary/aromatic N) is 2. The summed E-state index contributed by atoms with van der Waals surface area (Å²) in [6, 6.07) is 74.8. The van der Waals surface area contributed by atoms with Crippen LogP contribution in [0.15, 0.2) is 206 Å². The first-order valence-electron chi connectivity index (χ1n) is 17.8. The predicted octanol–water partition coefficient (Wildman–Crippen LogP) is 13.9. The highest BCUT2D eigenvalue weighted by Crippen LogP contribution is 2.43. The van der Waals surface area contributed by atoms with Crippen LogP contribution in [0.5, 0.6) is 0 Å². The fraction of sp³-hybridized carbons (Fsp3) is 0. The molecule has 2 heteroatoms. The molecule has 1 heterocycles. The zero-order valence-electron chi connectivity index (χ0n) is 28.5. The van der Waals surface area contributed by atoms with Crippen LogP contribution in [0.4, 0.5) is 17.1 Å². The lowest BCUT2D eigenvalue weighted by molar-refractivity contribution is 1.18. The minimum absolute atomic E-state index is 1.10. The Kier molecular flexibility index (Phi) is 7.18. The molecule has 0 bridgehead atoms. The Labute approximate surface area is 303 Å². The van der Waals surface area contributed by atoms with Gasteiger partial charge in [-0.15, -0.1) is 0 Å². The van der Waals surface area contributed by atoms with Crippen LogP contribution in [0.1, 0.15) is 0 Å². The van der Waals surface area contributed by atoms with Crippen LogP contribution in [-0.2, 0) is 0 Å². The average Bonchev–Trinajstić information content (AvgIpc) is 3.56. The van der Waals surface area contributed by atoms with Gasteiger partial charge in [0.15, 0.2) is 0 Å². The predicted molar refractivity (Wildman–Crippen MR) is 221 cm³/mol. The quantitative estimate of drug-likeness (QED) is 0.172. The lowest BCUT2D eigenvalue weighted by Gasteiger charge is -2.28. The summed E-state index contributed by atoms with van der Waals surface area (Å²) in [5.41, 5.74) is 11.7. The highest BCUT2D eigenvalue weighted by Gasteiger charge is 2.20. The summed E-state index contributed by atoms with van der Waals surface area (Å²) in [4.78, 5) is 2.43. The van der Waals surface area contributed by atoms with Crippen molar-refractivity contribution in [2.24, 2.45) is 0 Å². The average molecular weight is 663 g/mol. The van der Waals surface area contributed by atoms with E-state index >= 15 is 0 Å². The Morgan fingerprint density at radius 2 is 0.788 bits per heavy atom. The van der Waals surface area contributed by atoms with E-state index in [0.29, 0.717) is 0 Å². The Morgan fingerprint density at radius 3 is 1.44 bits per heavy atom. The first-order chi connectivity index (χ1) is 25.8. The normalized spacial score (nSPS) is 11.5. The smallest absolute Gasteiger partial charge is 0.0560 e. The molecule has 0 unspecified atom stereocenters. The molecule has 244 valence electrons. The van der Waals surface area contributed by atoms with Crippen LogP contribution in [0, 0.1) is 0 Å². The second kappa shape index (κ2) is 12.5. The summed E-state index contributed by atoms with van der Waals surface area (Å²) >= 11 is 0. The standard InChI is InChI=1S/C50H34N2/c1-2-12-35(13-3-1)37-22-24-38(25-23-37)39-26-29-42(30-27-39)51(43-31-28-36-14-4-5-15-40(36)32-43)50-34-44(33-41-16-6-7-17-45(41)50)52-48-20-10-8-18-46(48)47-19-9-11-21-49(47)52/h1-34H. The molecule has 0 saturated heterocycles.